The van der Waals surface area contributed by atoms with Gasteiger partial charge in [0.15, 0.2) is 5.65 Å². The molecule has 0 aliphatic carbocycles. The second-order valence-corrected chi connectivity index (χ2v) is 11.7. The van der Waals surface area contributed by atoms with Gasteiger partial charge in [-0.1, -0.05) is 5.92 Å². The molecule has 0 saturated heterocycles. The Morgan fingerprint density at radius 1 is 1.39 bits per heavy atom. The molecule has 6 nitrogen and oxygen atoms in total. The zero-order chi connectivity index (χ0) is 22.8. The maximum absolute atomic E-state index is 13.0. The number of thioether (sulfide) groups is 1. The first-order valence-corrected chi connectivity index (χ1v) is 13.0. The SMILES string of the molecule is COc1cc(P(C)(C)=O)ncc1NCC#Cc1nc2c(Br)cccn2c1SC(F)(F)F. The summed E-state index contributed by atoms with van der Waals surface area (Å²) in [5.41, 5.74) is -3.15. The first-order chi connectivity index (χ1) is 14.5. The lowest BCUT2D eigenvalue weighted by Crippen LogP contribution is -2.11. The predicted molar refractivity (Wildman–Crippen MR) is 120 cm³/mol. The zero-order valence-corrected chi connectivity index (χ0v) is 19.9. The van der Waals surface area contributed by atoms with Crippen LogP contribution >= 0.6 is 34.8 Å². The Hall–Kier alpha value is -2.15. The molecule has 31 heavy (non-hydrogen) atoms. The van der Waals surface area contributed by atoms with Crippen molar-refractivity contribution >= 4 is 51.6 Å². The topological polar surface area (TPSA) is 68.5 Å². The summed E-state index contributed by atoms with van der Waals surface area (Å²) in [6.07, 6.45) is 2.99. The molecule has 0 amide bonds. The maximum Gasteiger partial charge on any atom is 0.447 e. The Morgan fingerprint density at radius 3 is 2.77 bits per heavy atom. The molecular weight excluding hydrogens is 516 g/mol. The molecule has 0 fully saturated rings. The van der Waals surface area contributed by atoms with E-state index in [1.807, 2.05) is 0 Å². The standard InChI is InChI=1S/C19H17BrF3N4O2PS/c1-29-15-10-16(30(2,3)28)25-11-14(15)24-8-4-7-13-18(31-19(21,22)23)27-9-5-6-12(20)17(27)26-13/h5-6,9-11,24H,8H2,1-3H3. The molecule has 0 unspecified atom stereocenters. The molecular formula is C19H17BrF3N4O2PS. The van der Waals surface area contributed by atoms with E-state index in [-0.39, 0.29) is 29.0 Å². The third kappa shape index (κ3) is 5.76. The number of nitrogens with one attached hydrogen (secondary N) is 1. The van der Waals surface area contributed by atoms with Crippen molar-refractivity contribution in [3.05, 3.63) is 40.8 Å². The van der Waals surface area contributed by atoms with Gasteiger partial charge in [-0.25, -0.2) is 4.98 Å². The van der Waals surface area contributed by atoms with E-state index in [0.29, 0.717) is 27.0 Å². The lowest BCUT2D eigenvalue weighted by atomic mass is 10.3. The van der Waals surface area contributed by atoms with Gasteiger partial charge in [-0.2, -0.15) is 13.2 Å². The summed E-state index contributed by atoms with van der Waals surface area (Å²) in [6, 6.07) is 4.90. The van der Waals surface area contributed by atoms with E-state index in [1.54, 1.807) is 31.5 Å². The largest absolute Gasteiger partial charge is 0.494 e. The van der Waals surface area contributed by atoms with Crippen LogP contribution < -0.4 is 15.5 Å². The van der Waals surface area contributed by atoms with E-state index in [9.17, 15) is 17.7 Å². The van der Waals surface area contributed by atoms with E-state index in [1.165, 1.54) is 23.9 Å². The summed E-state index contributed by atoms with van der Waals surface area (Å²) in [7, 11) is -1.07. The molecule has 3 aromatic heterocycles. The van der Waals surface area contributed by atoms with Crippen LogP contribution in [0.5, 0.6) is 5.75 Å². The summed E-state index contributed by atoms with van der Waals surface area (Å²) < 4.78 is 58.5. The normalized spacial score (nSPS) is 11.8. The Balaban J connectivity index is 1.86. The molecule has 0 bridgehead atoms. The van der Waals surface area contributed by atoms with Crippen LogP contribution in [0.15, 0.2) is 40.1 Å². The zero-order valence-electron chi connectivity index (χ0n) is 16.6. The predicted octanol–water partition coefficient (Wildman–Crippen LogP) is 4.82. The molecule has 0 aliphatic rings. The fraction of sp³-hybridized carbons (Fsp3) is 0.263. The van der Waals surface area contributed by atoms with Crippen LogP contribution in [0, 0.1) is 11.8 Å². The van der Waals surface area contributed by atoms with Gasteiger partial charge in [-0.3, -0.25) is 9.38 Å². The summed E-state index contributed by atoms with van der Waals surface area (Å²) in [5.74, 6) is 5.93. The molecule has 0 radical (unpaired) electrons. The fourth-order valence-corrected chi connectivity index (χ4v) is 4.45. The molecule has 3 heterocycles. The third-order valence-corrected chi connectivity index (χ3v) is 6.75. The third-order valence-electron chi connectivity index (χ3n) is 3.97. The number of hydrogen-bond acceptors (Lipinski definition) is 6. The number of aromatic nitrogens is 3. The number of hydrogen-bond donors (Lipinski definition) is 1. The molecule has 1 N–H and O–H groups in total. The Kier molecular flexibility index (Phi) is 6.94. The molecule has 12 heteroatoms. The van der Waals surface area contributed by atoms with Gasteiger partial charge >= 0.3 is 5.51 Å². The Bertz CT molecular complexity index is 1230. The van der Waals surface area contributed by atoms with Gasteiger partial charge in [-0.15, -0.1) is 0 Å². The van der Waals surface area contributed by atoms with Crippen LogP contribution in [-0.2, 0) is 4.57 Å². The van der Waals surface area contributed by atoms with Crippen molar-refractivity contribution in [3.8, 4) is 17.6 Å². The average molecular weight is 533 g/mol. The molecule has 0 aliphatic heterocycles. The fourth-order valence-electron chi connectivity index (χ4n) is 2.59. The average Bonchev–Trinajstić information content (AvgIpc) is 3.02. The first-order valence-electron chi connectivity index (χ1n) is 8.74. The highest BCUT2D eigenvalue weighted by Gasteiger charge is 2.33. The lowest BCUT2D eigenvalue weighted by Gasteiger charge is -2.12. The van der Waals surface area contributed by atoms with Crippen LogP contribution in [0.1, 0.15) is 5.69 Å². The smallest absolute Gasteiger partial charge is 0.447 e. The van der Waals surface area contributed by atoms with E-state index >= 15 is 0 Å². The van der Waals surface area contributed by atoms with Gasteiger partial charge in [0.25, 0.3) is 0 Å². The minimum Gasteiger partial charge on any atom is -0.494 e. The summed E-state index contributed by atoms with van der Waals surface area (Å²) in [6.45, 7) is 3.33. The lowest BCUT2D eigenvalue weighted by molar-refractivity contribution is -0.0329. The van der Waals surface area contributed by atoms with Gasteiger partial charge in [0.05, 0.1) is 30.0 Å². The molecule has 164 valence electrons. The number of anilines is 1. The highest BCUT2D eigenvalue weighted by molar-refractivity contribution is 9.10. The molecule has 0 spiro atoms. The number of pyridine rings is 2. The van der Waals surface area contributed by atoms with Crippen molar-refractivity contribution in [2.75, 3.05) is 32.3 Å². The molecule has 3 aromatic rings. The second-order valence-electron chi connectivity index (χ2n) is 6.61. The van der Waals surface area contributed by atoms with Crippen LogP contribution in [0.4, 0.5) is 18.9 Å². The van der Waals surface area contributed by atoms with Crippen molar-refractivity contribution in [1.82, 2.24) is 14.4 Å². The number of nitrogens with zero attached hydrogens (tertiary/aromatic N) is 3. The summed E-state index contributed by atoms with van der Waals surface area (Å²) in [5, 5.41) is 2.89. The summed E-state index contributed by atoms with van der Waals surface area (Å²) >= 11 is 3.03. The number of alkyl halides is 3. The maximum atomic E-state index is 13.0. The van der Waals surface area contributed by atoms with E-state index in [2.05, 4.69) is 43.1 Å². The van der Waals surface area contributed by atoms with E-state index in [0.717, 1.165) is 0 Å². The van der Waals surface area contributed by atoms with Crippen LogP contribution in [0.25, 0.3) is 5.65 Å². The highest BCUT2D eigenvalue weighted by Crippen LogP contribution is 2.39. The van der Waals surface area contributed by atoms with E-state index in [4.69, 9.17) is 4.74 Å². The van der Waals surface area contributed by atoms with Crippen LogP contribution in [-0.4, -0.2) is 46.9 Å². The number of methoxy groups -OCH3 is 1. The monoisotopic (exact) mass is 532 g/mol. The highest BCUT2D eigenvalue weighted by atomic mass is 79.9. The number of halogens is 4. The molecule has 3 rings (SSSR count). The number of imidazole rings is 1. The molecule has 0 saturated carbocycles. The number of fused-ring (bicyclic) bond motifs is 1. The van der Waals surface area contributed by atoms with Crippen molar-refractivity contribution in [3.63, 3.8) is 0 Å². The Morgan fingerprint density at radius 2 is 2.13 bits per heavy atom. The Labute approximate surface area is 189 Å². The van der Waals surface area contributed by atoms with Crippen molar-refractivity contribution < 1.29 is 22.5 Å². The van der Waals surface area contributed by atoms with Gasteiger partial charge in [0.1, 0.15) is 29.0 Å². The van der Waals surface area contributed by atoms with Crippen molar-refractivity contribution in [1.29, 1.82) is 0 Å². The minimum atomic E-state index is -4.48. The van der Waals surface area contributed by atoms with Gasteiger partial charge in [0, 0.05) is 24.0 Å². The van der Waals surface area contributed by atoms with E-state index < -0.39 is 12.7 Å². The molecule has 0 aromatic carbocycles. The number of ether oxygens (including phenoxy) is 1. The van der Waals surface area contributed by atoms with Gasteiger partial charge < -0.3 is 14.6 Å². The van der Waals surface area contributed by atoms with Crippen LogP contribution in [0.3, 0.4) is 0 Å². The second kappa shape index (κ2) is 9.15. The van der Waals surface area contributed by atoms with Gasteiger partial charge in [0.2, 0.25) is 0 Å². The number of rotatable bonds is 5. The molecule has 0 atom stereocenters. The minimum absolute atomic E-state index is 0.0226. The van der Waals surface area contributed by atoms with Crippen molar-refractivity contribution in [2.24, 2.45) is 0 Å². The summed E-state index contributed by atoms with van der Waals surface area (Å²) in [4.78, 5) is 8.42. The van der Waals surface area contributed by atoms with Crippen molar-refractivity contribution in [2.45, 2.75) is 10.5 Å². The van der Waals surface area contributed by atoms with Crippen LogP contribution in [0.2, 0.25) is 0 Å². The van der Waals surface area contributed by atoms with Gasteiger partial charge in [-0.05, 0) is 47.3 Å². The first kappa shape index (κ1) is 23.5. The quantitative estimate of drug-likeness (QED) is 0.288.